The number of nitrogens with one attached hydrogen (secondary N) is 1. The van der Waals surface area contributed by atoms with Crippen molar-refractivity contribution in [1.82, 2.24) is 4.72 Å². The molecule has 1 atom stereocenters. The number of hydrogen-bond donors (Lipinski definition) is 1. The maximum atomic E-state index is 12.1. The molecule has 0 radical (unpaired) electrons. The summed E-state index contributed by atoms with van der Waals surface area (Å²) in [6.45, 7) is 19.5. The Bertz CT molecular complexity index is 355. The summed E-state index contributed by atoms with van der Waals surface area (Å²) < 4.78 is 21.5. The van der Waals surface area contributed by atoms with Gasteiger partial charge in [-0.15, -0.1) is 4.72 Å². The summed E-state index contributed by atoms with van der Waals surface area (Å²) >= 11 is -0.942. The second kappa shape index (κ2) is 8.22. The van der Waals surface area contributed by atoms with E-state index in [4.69, 9.17) is 4.43 Å². The van der Waals surface area contributed by atoms with Gasteiger partial charge in [-0.3, -0.25) is 0 Å². The smallest absolute Gasteiger partial charge is 0.191 e. The van der Waals surface area contributed by atoms with Gasteiger partial charge in [-0.2, -0.15) is 0 Å². The number of hydrogen-bond acceptors (Lipinski definition) is 3. The molecule has 1 rings (SSSR count). The van der Waals surface area contributed by atoms with Crippen LogP contribution in [0, 0.1) is 11.8 Å². The molecule has 3 nitrogen and oxygen atoms in total. The third-order valence-corrected chi connectivity index (χ3v) is 11.6. The fourth-order valence-electron chi connectivity index (χ4n) is 2.56. The molecule has 138 valence electrons. The van der Waals surface area contributed by atoms with E-state index < -0.39 is 19.7 Å². The quantitative estimate of drug-likeness (QED) is 0.542. The Kier molecular flexibility index (Phi) is 7.68. The molecule has 1 fully saturated rings. The molecule has 0 saturated heterocycles. The molecule has 0 unspecified atom stereocenters. The van der Waals surface area contributed by atoms with Crippen LogP contribution < -0.4 is 4.72 Å². The molecule has 0 aromatic heterocycles. The molecule has 5 heteroatoms. The predicted molar refractivity (Wildman–Crippen MR) is 104 cm³/mol. The summed E-state index contributed by atoms with van der Waals surface area (Å²) in [6.07, 6.45) is 4.98. The van der Waals surface area contributed by atoms with Crippen molar-refractivity contribution in [3.05, 3.63) is 0 Å². The molecule has 1 saturated carbocycles. The van der Waals surface area contributed by atoms with E-state index in [-0.39, 0.29) is 4.75 Å². The SMILES string of the molecule is CC(C)(C)[S@+]([O-])NCC1CCC(CO[Si](C)(C)C(C)(C)C)CC1. The van der Waals surface area contributed by atoms with E-state index in [0.717, 1.165) is 13.2 Å². The molecule has 1 aliphatic rings. The molecular formula is C18H39NO2SSi. The van der Waals surface area contributed by atoms with Crippen molar-refractivity contribution in [2.24, 2.45) is 11.8 Å². The lowest BCUT2D eigenvalue weighted by Gasteiger charge is -2.38. The second-order valence-corrected chi connectivity index (χ2v) is 16.5. The molecule has 0 heterocycles. The first-order valence-corrected chi connectivity index (χ1v) is 13.2. The zero-order chi connectivity index (χ0) is 17.9. The summed E-state index contributed by atoms with van der Waals surface area (Å²) in [5.74, 6) is 1.39. The minimum Gasteiger partial charge on any atom is -0.598 e. The van der Waals surface area contributed by atoms with Crippen LogP contribution in [0.15, 0.2) is 0 Å². The van der Waals surface area contributed by atoms with Gasteiger partial charge in [-0.05, 0) is 76.4 Å². The maximum absolute atomic E-state index is 12.1. The fraction of sp³-hybridized carbons (Fsp3) is 1.00. The Morgan fingerprint density at radius 3 is 1.91 bits per heavy atom. The molecule has 23 heavy (non-hydrogen) atoms. The zero-order valence-electron chi connectivity index (χ0n) is 16.6. The topological polar surface area (TPSA) is 44.3 Å². The molecule has 0 aromatic carbocycles. The van der Waals surface area contributed by atoms with Crippen LogP contribution >= 0.6 is 0 Å². The van der Waals surface area contributed by atoms with E-state index in [2.05, 4.69) is 38.6 Å². The standard InChI is InChI=1S/C18H39NO2SSi/c1-17(2,3)22(20)19-13-15-9-11-16(12-10-15)14-21-23(7,8)18(4,5)6/h15-16,19H,9-14H2,1-8H3/t15?,16?,22-/m0/s1. The first-order chi connectivity index (χ1) is 10.3. The molecule has 1 N–H and O–H groups in total. The Morgan fingerprint density at radius 2 is 1.48 bits per heavy atom. The van der Waals surface area contributed by atoms with Gasteiger partial charge in [0.15, 0.2) is 8.32 Å². The first kappa shape index (κ1) is 21.5. The Morgan fingerprint density at radius 1 is 1.00 bits per heavy atom. The monoisotopic (exact) mass is 361 g/mol. The largest absolute Gasteiger partial charge is 0.598 e. The Hall–Kier alpha value is 0.447. The van der Waals surface area contributed by atoms with E-state index in [0.29, 0.717) is 16.9 Å². The van der Waals surface area contributed by atoms with Crippen LogP contribution in [0.1, 0.15) is 67.2 Å². The summed E-state index contributed by atoms with van der Waals surface area (Å²) in [5, 5.41) is 0.297. The van der Waals surface area contributed by atoms with Crippen LogP contribution in [0.4, 0.5) is 0 Å². The van der Waals surface area contributed by atoms with Gasteiger partial charge in [0.2, 0.25) is 0 Å². The van der Waals surface area contributed by atoms with Gasteiger partial charge in [0.1, 0.15) is 4.75 Å². The van der Waals surface area contributed by atoms with Gasteiger partial charge < -0.3 is 8.98 Å². The summed E-state index contributed by atoms with van der Waals surface area (Å²) in [7, 11) is -1.61. The van der Waals surface area contributed by atoms with Crippen LogP contribution in [0.2, 0.25) is 18.1 Å². The Labute approximate surface area is 148 Å². The van der Waals surface area contributed by atoms with Crippen molar-refractivity contribution < 1.29 is 8.98 Å². The van der Waals surface area contributed by atoms with Crippen molar-refractivity contribution >= 4 is 19.7 Å². The summed E-state index contributed by atoms with van der Waals surface area (Å²) in [5.41, 5.74) is 0. The van der Waals surface area contributed by atoms with Crippen molar-refractivity contribution in [2.75, 3.05) is 13.2 Å². The zero-order valence-corrected chi connectivity index (χ0v) is 18.4. The lowest BCUT2D eigenvalue weighted by atomic mass is 9.82. The van der Waals surface area contributed by atoms with E-state index in [9.17, 15) is 4.55 Å². The molecular weight excluding hydrogens is 322 g/mol. The van der Waals surface area contributed by atoms with Crippen molar-refractivity contribution in [1.29, 1.82) is 0 Å². The minimum absolute atomic E-state index is 0.172. The van der Waals surface area contributed by atoms with Gasteiger partial charge in [0.05, 0.1) is 0 Å². The average Bonchev–Trinajstić information content (AvgIpc) is 2.41. The first-order valence-electron chi connectivity index (χ1n) is 9.12. The highest BCUT2D eigenvalue weighted by Crippen LogP contribution is 2.38. The Balaban J connectivity index is 2.28. The summed E-state index contributed by atoms with van der Waals surface area (Å²) in [4.78, 5) is 0. The van der Waals surface area contributed by atoms with E-state index in [1.165, 1.54) is 25.7 Å². The van der Waals surface area contributed by atoms with Crippen molar-refractivity contribution in [3.8, 4) is 0 Å². The second-order valence-electron chi connectivity index (χ2n) is 9.69. The normalized spacial score (nSPS) is 25.4. The average molecular weight is 362 g/mol. The van der Waals surface area contributed by atoms with Crippen LogP contribution in [0.3, 0.4) is 0 Å². The fourth-order valence-corrected chi connectivity index (χ4v) is 4.46. The van der Waals surface area contributed by atoms with Gasteiger partial charge in [0, 0.05) is 24.5 Å². The third kappa shape index (κ3) is 7.06. The maximum Gasteiger partial charge on any atom is 0.191 e. The van der Waals surface area contributed by atoms with Crippen molar-refractivity contribution in [3.63, 3.8) is 0 Å². The molecule has 0 aliphatic heterocycles. The molecule has 0 bridgehead atoms. The van der Waals surface area contributed by atoms with E-state index >= 15 is 0 Å². The summed E-state index contributed by atoms with van der Waals surface area (Å²) in [6, 6.07) is 0. The van der Waals surface area contributed by atoms with E-state index in [1.807, 2.05) is 20.8 Å². The van der Waals surface area contributed by atoms with Crippen LogP contribution in [0.5, 0.6) is 0 Å². The highest BCUT2D eigenvalue weighted by molar-refractivity contribution is 7.90. The van der Waals surface area contributed by atoms with Crippen LogP contribution in [-0.4, -0.2) is 30.8 Å². The lowest BCUT2D eigenvalue weighted by Crippen LogP contribution is -2.43. The number of rotatable bonds is 6. The molecule has 0 aromatic rings. The van der Waals surface area contributed by atoms with Gasteiger partial charge in [-0.25, -0.2) is 0 Å². The molecule has 0 spiro atoms. The van der Waals surface area contributed by atoms with Gasteiger partial charge in [-0.1, -0.05) is 20.8 Å². The molecule has 1 aliphatic carbocycles. The van der Waals surface area contributed by atoms with Crippen LogP contribution in [0.25, 0.3) is 0 Å². The highest BCUT2D eigenvalue weighted by atomic mass is 32.2. The van der Waals surface area contributed by atoms with Crippen molar-refractivity contribution in [2.45, 2.75) is 90.1 Å². The minimum atomic E-state index is -1.61. The molecule has 0 amide bonds. The lowest BCUT2D eigenvalue weighted by molar-refractivity contribution is 0.171. The van der Waals surface area contributed by atoms with Crippen LogP contribution in [-0.2, 0) is 15.8 Å². The highest BCUT2D eigenvalue weighted by Gasteiger charge is 2.38. The van der Waals surface area contributed by atoms with Gasteiger partial charge in [0.25, 0.3) is 0 Å². The van der Waals surface area contributed by atoms with E-state index in [1.54, 1.807) is 0 Å². The third-order valence-electron chi connectivity index (χ3n) is 5.51. The predicted octanol–water partition coefficient (Wildman–Crippen LogP) is 4.87. The van der Waals surface area contributed by atoms with Gasteiger partial charge >= 0.3 is 0 Å².